The smallest absolute Gasteiger partial charge is 0.255 e. The van der Waals surface area contributed by atoms with Crippen LogP contribution in [-0.2, 0) is 0 Å². The van der Waals surface area contributed by atoms with Gasteiger partial charge in [0.1, 0.15) is 0 Å². The molecule has 32 heavy (non-hydrogen) atoms. The molecule has 0 saturated heterocycles. The molecule has 0 saturated carbocycles. The minimum absolute atomic E-state index is 0.198. The van der Waals surface area contributed by atoms with Crippen molar-refractivity contribution >= 4 is 23.2 Å². The third-order valence-corrected chi connectivity index (χ3v) is 5.79. The molecule has 4 aromatic rings. The Bertz CT molecular complexity index is 1390. The lowest BCUT2D eigenvalue weighted by Gasteiger charge is -2.22. The Labute approximate surface area is 185 Å². The van der Waals surface area contributed by atoms with Crippen LogP contribution in [-0.4, -0.2) is 17.5 Å². The fourth-order valence-electron chi connectivity index (χ4n) is 4.13. The Hall–Kier alpha value is -4.31. The lowest BCUT2D eigenvalue weighted by Crippen LogP contribution is -2.25. The largest absolute Gasteiger partial charge is 0.321 e. The fourth-order valence-corrected chi connectivity index (χ4v) is 4.13. The molecule has 0 spiro atoms. The van der Waals surface area contributed by atoms with Gasteiger partial charge in [0.05, 0.1) is 11.3 Å². The Morgan fingerprint density at radius 1 is 0.625 bits per heavy atom. The van der Waals surface area contributed by atoms with E-state index in [2.05, 4.69) is 5.32 Å². The minimum atomic E-state index is -0.338. The van der Waals surface area contributed by atoms with Crippen LogP contribution in [0.1, 0.15) is 47.8 Å². The molecule has 154 valence electrons. The molecule has 5 rings (SSSR count). The summed E-state index contributed by atoms with van der Waals surface area (Å²) in [5.41, 5.74) is 4.95. The first-order valence-corrected chi connectivity index (χ1v) is 10.3. The van der Waals surface area contributed by atoms with Crippen molar-refractivity contribution in [2.24, 2.45) is 0 Å². The molecule has 0 aromatic heterocycles. The van der Waals surface area contributed by atoms with E-state index in [0.29, 0.717) is 33.5 Å². The molecule has 4 heteroatoms. The number of nitrogens with one attached hydrogen (secondary N) is 1. The summed E-state index contributed by atoms with van der Waals surface area (Å²) >= 11 is 0. The molecule has 0 radical (unpaired) electrons. The summed E-state index contributed by atoms with van der Waals surface area (Å²) in [7, 11) is 0. The second-order valence-corrected chi connectivity index (χ2v) is 7.78. The van der Waals surface area contributed by atoms with Crippen LogP contribution in [0, 0.1) is 6.92 Å². The number of rotatable bonds is 3. The van der Waals surface area contributed by atoms with E-state index in [0.717, 1.165) is 11.1 Å². The molecule has 4 nitrogen and oxygen atoms in total. The first-order chi connectivity index (χ1) is 15.5. The molecule has 4 aromatic carbocycles. The van der Waals surface area contributed by atoms with Crippen LogP contribution in [0.2, 0.25) is 0 Å². The zero-order valence-corrected chi connectivity index (χ0v) is 17.4. The van der Waals surface area contributed by atoms with Crippen molar-refractivity contribution in [1.29, 1.82) is 0 Å². The van der Waals surface area contributed by atoms with E-state index in [9.17, 15) is 14.4 Å². The predicted octanol–water partition coefficient (Wildman–Crippen LogP) is 5.69. The van der Waals surface area contributed by atoms with Gasteiger partial charge in [-0.2, -0.15) is 0 Å². The number of carbonyl (C=O) groups excluding carboxylic acids is 3. The average molecular weight is 417 g/mol. The second kappa shape index (κ2) is 7.75. The molecule has 1 aliphatic rings. The number of carbonyl (C=O) groups is 3. The molecule has 1 amide bonds. The number of hydrogen-bond donors (Lipinski definition) is 1. The number of anilines is 1. The number of benzene rings is 4. The summed E-state index contributed by atoms with van der Waals surface area (Å²) < 4.78 is 0. The summed E-state index contributed by atoms with van der Waals surface area (Å²) in [6.45, 7) is 1.80. The molecule has 0 unspecified atom stereocenters. The summed E-state index contributed by atoms with van der Waals surface area (Å²) in [5.74, 6) is -0.792. The van der Waals surface area contributed by atoms with Gasteiger partial charge < -0.3 is 5.32 Å². The van der Waals surface area contributed by atoms with E-state index in [4.69, 9.17) is 0 Å². The molecule has 0 aliphatic heterocycles. The van der Waals surface area contributed by atoms with E-state index >= 15 is 0 Å². The summed E-state index contributed by atoms with van der Waals surface area (Å²) in [6.07, 6.45) is 0. The van der Waals surface area contributed by atoms with Crippen molar-refractivity contribution in [3.05, 3.63) is 124 Å². The highest BCUT2D eigenvalue weighted by molar-refractivity contribution is 6.31. The molecular formula is C28H19NO3. The fraction of sp³-hybridized carbons (Fsp3) is 0.0357. The Balaban J connectivity index is 1.49. The van der Waals surface area contributed by atoms with Crippen LogP contribution in [0.5, 0.6) is 0 Å². The van der Waals surface area contributed by atoms with Crippen molar-refractivity contribution in [1.82, 2.24) is 0 Å². The van der Waals surface area contributed by atoms with Crippen LogP contribution < -0.4 is 5.32 Å². The van der Waals surface area contributed by atoms with Gasteiger partial charge in [-0.25, -0.2) is 0 Å². The lowest BCUT2D eigenvalue weighted by molar-refractivity contribution is 0.0978. The summed E-state index contributed by atoms with van der Waals surface area (Å²) in [5, 5.41) is 2.84. The third kappa shape index (κ3) is 3.22. The van der Waals surface area contributed by atoms with E-state index < -0.39 is 0 Å². The Morgan fingerprint density at radius 2 is 1.19 bits per heavy atom. The SMILES string of the molecule is Cc1ccc(NC(=O)c2ccc(-c3ccccc3)cc2)c2c1C(=O)c1ccccc1C2=O. The van der Waals surface area contributed by atoms with Crippen molar-refractivity contribution in [2.45, 2.75) is 6.92 Å². The maximum Gasteiger partial charge on any atom is 0.255 e. The Morgan fingerprint density at radius 3 is 1.84 bits per heavy atom. The van der Waals surface area contributed by atoms with Crippen LogP contribution in [0.3, 0.4) is 0 Å². The number of ketones is 2. The van der Waals surface area contributed by atoms with E-state index in [-0.39, 0.29) is 23.0 Å². The van der Waals surface area contributed by atoms with Crippen molar-refractivity contribution in [3.8, 4) is 11.1 Å². The molecule has 0 heterocycles. The first-order valence-electron chi connectivity index (χ1n) is 10.3. The van der Waals surface area contributed by atoms with Gasteiger partial charge in [-0.1, -0.05) is 72.8 Å². The van der Waals surface area contributed by atoms with Crippen LogP contribution >= 0.6 is 0 Å². The molecule has 1 aliphatic carbocycles. The molecule has 1 N–H and O–H groups in total. The highest BCUT2D eigenvalue weighted by atomic mass is 16.2. The third-order valence-electron chi connectivity index (χ3n) is 5.79. The number of aryl methyl sites for hydroxylation is 1. The van der Waals surface area contributed by atoms with Gasteiger partial charge in [-0.15, -0.1) is 0 Å². The number of fused-ring (bicyclic) bond motifs is 2. The average Bonchev–Trinajstić information content (AvgIpc) is 2.84. The Kier molecular flexibility index (Phi) is 4.75. The van der Waals surface area contributed by atoms with Crippen molar-refractivity contribution in [3.63, 3.8) is 0 Å². The van der Waals surface area contributed by atoms with Gasteiger partial charge in [0.2, 0.25) is 0 Å². The molecular weight excluding hydrogens is 398 g/mol. The highest BCUT2D eigenvalue weighted by Gasteiger charge is 2.33. The van der Waals surface area contributed by atoms with Gasteiger partial charge in [0, 0.05) is 22.3 Å². The van der Waals surface area contributed by atoms with Crippen molar-refractivity contribution < 1.29 is 14.4 Å². The highest BCUT2D eigenvalue weighted by Crippen LogP contribution is 2.34. The zero-order valence-electron chi connectivity index (χ0n) is 17.4. The van der Waals surface area contributed by atoms with Gasteiger partial charge in [-0.05, 0) is 41.8 Å². The standard InChI is InChI=1S/C28H19NO3/c1-17-11-16-23(25-24(17)26(30)21-9-5-6-10-22(21)27(25)31)29-28(32)20-14-12-19(13-15-20)18-7-3-2-4-8-18/h2-16H,1H3,(H,29,32). The van der Waals surface area contributed by atoms with Gasteiger partial charge in [0.15, 0.2) is 11.6 Å². The van der Waals surface area contributed by atoms with E-state index in [1.807, 2.05) is 42.5 Å². The topological polar surface area (TPSA) is 63.2 Å². The second-order valence-electron chi connectivity index (χ2n) is 7.78. The zero-order chi connectivity index (χ0) is 22.2. The number of amides is 1. The van der Waals surface area contributed by atoms with Crippen LogP contribution in [0.4, 0.5) is 5.69 Å². The maximum atomic E-state index is 13.2. The monoisotopic (exact) mass is 417 g/mol. The molecule has 0 bridgehead atoms. The normalized spacial score (nSPS) is 12.2. The van der Waals surface area contributed by atoms with Crippen LogP contribution in [0.15, 0.2) is 91.0 Å². The minimum Gasteiger partial charge on any atom is -0.321 e. The predicted molar refractivity (Wildman–Crippen MR) is 124 cm³/mol. The molecule has 0 fully saturated rings. The first kappa shape index (κ1) is 19.6. The van der Waals surface area contributed by atoms with Gasteiger partial charge in [-0.3, -0.25) is 14.4 Å². The van der Waals surface area contributed by atoms with Crippen molar-refractivity contribution in [2.75, 3.05) is 5.32 Å². The lowest BCUT2D eigenvalue weighted by atomic mass is 9.81. The molecule has 0 atom stereocenters. The summed E-state index contributed by atoms with van der Waals surface area (Å²) in [6, 6.07) is 27.4. The maximum absolute atomic E-state index is 13.2. The van der Waals surface area contributed by atoms with E-state index in [1.165, 1.54) is 0 Å². The number of hydrogen-bond acceptors (Lipinski definition) is 3. The van der Waals surface area contributed by atoms with Crippen LogP contribution in [0.25, 0.3) is 11.1 Å². The van der Waals surface area contributed by atoms with E-state index in [1.54, 1.807) is 55.5 Å². The van der Waals surface area contributed by atoms with Gasteiger partial charge >= 0.3 is 0 Å². The van der Waals surface area contributed by atoms with Gasteiger partial charge in [0.25, 0.3) is 5.91 Å². The quantitative estimate of drug-likeness (QED) is 0.410. The summed E-state index contributed by atoms with van der Waals surface area (Å²) in [4.78, 5) is 39.3.